The molecule has 0 radical (unpaired) electrons. The summed E-state index contributed by atoms with van der Waals surface area (Å²) in [6, 6.07) is 12.2. The van der Waals surface area contributed by atoms with Crippen LogP contribution in [0.5, 0.6) is 5.75 Å². The monoisotopic (exact) mass is 469 g/mol. The lowest BCUT2D eigenvalue weighted by atomic mass is 10.2. The lowest BCUT2D eigenvalue weighted by Crippen LogP contribution is -2.49. The Morgan fingerprint density at radius 1 is 1.19 bits per heavy atom. The van der Waals surface area contributed by atoms with Crippen molar-refractivity contribution >= 4 is 56.7 Å². The molecule has 0 saturated heterocycles. The maximum Gasteiger partial charge on any atom is 0.276 e. The lowest BCUT2D eigenvalue weighted by Gasteiger charge is -2.12. The Labute approximate surface area is 175 Å². The average molecular weight is 471 g/mol. The molecule has 27 heavy (non-hydrogen) atoms. The van der Waals surface area contributed by atoms with E-state index in [1.165, 1.54) is 0 Å². The number of nitrogens with one attached hydrogen (secondary N) is 3. The molecule has 2 aromatic rings. The molecule has 0 aliphatic heterocycles. The molecule has 0 atom stereocenters. The quantitative estimate of drug-likeness (QED) is 0.461. The zero-order valence-corrected chi connectivity index (χ0v) is 17.5. The van der Waals surface area contributed by atoms with E-state index in [-0.39, 0.29) is 17.3 Å². The van der Waals surface area contributed by atoms with Crippen LogP contribution >= 0.6 is 39.7 Å². The normalized spacial score (nSPS) is 10.0. The standard InChI is InChI=1S/C18H17BrClN3O3S/c1-2-11-7-8-15(13(19)9-11)26-10-16(24)22-23-18(27)21-17(25)12-5-3-4-6-14(12)20/h3-9H,2,10H2,1H3,(H,22,24)(H2,21,23,25,27). The molecular formula is C18H17BrClN3O3S. The van der Waals surface area contributed by atoms with Gasteiger partial charge >= 0.3 is 0 Å². The molecule has 0 aliphatic carbocycles. The second-order valence-electron chi connectivity index (χ2n) is 5.34. The van der Waals surface area contributed by atoms with Crippen molar-refractivity contribution in [3.05, 3.63) is 63.1 Å². The van der Waals surface area contributed by atoms with Gasteiger partial charge in [-0.2, -0.15) is 0 Å². The van der Waals surface area contributed by atoms with Crippen LogP contribution in [0.4, 0.5) is 0 Å². The van der Waals surface area contributed by atoms with Crippen LogP contribution in [0.15, 0.2) is 46.9 Å². The van der Waals surface area contributed by atoms with Crippen molar-refractivity contribution in [2.45, 2.75) is 13.3 Å². The molecule has 2 rings (SSSR count). The predicted molar refractivity (Wildman–Crippen MR) is 112 cm³/mol. The maximum atomic E-state index is 12.1. The third-order valence-electron chi connectivity index (χ3n) is 3.42. The third-order valence-corrected chi connectivity index (χ3v) is 4.58. The van der Waals surface area contributed by atoms with Crippen LogP contribution in [0.25, 0.3) is 0 Å². The van der Waals surface area contributed by atoms with Gasteiger partial charge in [0.15, 0.2) is 11.7 Å². The zero-order valence-electron chi connectivity index (χ0n) is 14.3. The van der Waals surface area contributed by atoms with Crippen molar-refractivity contribution in [2.75, 3.05) is 6.61 Å². The maximum absolute atomic E-state index is 12.1. The topological polar surface area (TPSA) is 79.5 Å². The summed E-state index contributed by atoms with van der Waals surface area (Å²) < 4.78 is 6.22. The molecule has 0 unspecified atom stereocenters. The molecule has 3 N–H and O–H groups in total. The molecule has 2 amide bonds. The molecule has 0 spiro atoms. The first-order chi connectivity index (χ1) is 12.9. The number of amides is 2. The van der Waals surface area contributed by atoms with Gasteiger partial charge in [0.05, 0.1) is 15.1 Å². The number of carbonyl (C=O) groups excluding carboxylic acids is 2. The number of benzene rings is 2. The van der Waals surface area contributed by atoms with Gasteiger partial charge in [0, 0.05) is 0 Å². The molecule has 2 aromatic carbocycles. The number of hydrogen-bond donors (Lipinski definition) is 3. The second-order valence-corrected chi connectivity index (χ2v) is 7.01. The van der Waals surface area contributed by atoms with Crippen LogP contribution in [-0.4, -0.2) is 23.5 Å². The van der Waals surface area contributed by atoms with Crippen LogP contribution in [0.3, 0.4) is 0 Å². The predicted octanol–water partition coefficient (Wildman–Crippen LogP) is 3.38. The van der Waals surface area contributed by atoms with Crippen molar-refractivity contribution in [1.29, 1.82) is 0 Å². The highest BCUT2D eigenvalue weighted by atomic mass is 79.9. The fourth-order valence-electron chi connectivity index (χ4n) is 2.03. The molecule has 9 heteroatoms. The Bertz CT molecular complexity index is 863. The van der Waals surface area contributed by atoms with E-state index in [9.17, 15) is 9.59 Å². The number of hydrogen-bond acceptors (Lipinski definition) is 4. The molecule has 0 saturated carbocycles. The van der Waals surface area contributed by atoms with Crippen molar-refractivity contribution in [3.8, 4) is 5.75 Å². The SMILES string of the molecule is CCc1ccc(OCC(=O)NNC(=S)NC(=O)c2ccccc2Cl)c(Br)c1. The van der Waals surface area contributed by atoms with Gasteiger partial charge < -0.3 is 4.74 Å². The third kappa shape index (κ3) is 6.50. The number of aryl methyl sites for hydroxylation is 1. The number of thiocarbonyl (C=S) groups is 1. The summed E-state index contributed by atoms with van der Waals surface area (Å²) in [6.07, 6.45) is 0.903. The van der Waals surface area contributed by atoms with Gasteiger partial charge in [-0.1, -0.05) is 36.7 Å². The van der Waals surface area contributed by atoms with Gasteiger partial charge in [-0.25, -0.2) is 0 Å². The highest BCUT2D eigenvalue weighted by Crippen LogP contribution is 2.26. The Hall–Kier alpha value is -2.16. The summed E-state index contributed by atoms with van der Waals surface area (Å²) in [5, 5.41) is 2.65. The van der Waals surface area contributed by atoms with Gasteiger partial charge in [0.1, 0.15) is 5.75 Å². The van der Waals surface area contributed by atoms with Gasteiger partial charge in [-0.3, -0.25) is 25.8 Å². The Morgan fingerprint density at radius 3 is 2.59 bits per heavy atom. The van der Waals surface area contributed by atoms with E-state index in [1.807, 2.05) is 12.1 Å². The second kappa shape index (κ2) is 10.2. The molecule has 0 fully saturated rings. The number of hydrazine groups is 1. The minimum absolute atomic E-state index is 0.0678. The molecule has 0 aromatic heterocycles. The summed E-state index contributed by atoms with van der Waals surface area (Å²) >= 11 is 14.3. The summed E-state index contributed by atoms with van der Waals surface area (Å²) in [5.41, 5.74) is 6.21. The summed E-state index contributed by atoms with van der Waals surface area (Å²) in [5.74, 6) is -0.392. The van der Waals surface area contributed by atoms with Gasteiger partial charge in [-0.15, -0.1) is 0 Å². The summed E-state index contributed by atoms with van der Waals surface area (Å²) in [6.45, 7) is 1.83. The van der Waals surface area contributed by atoms with E-state index in [4.69, 9.17) is 28.6 Å². The van der Waals surface area contributed by atoms with Gasteiger partial charge in [-0.05, 0) is 64.4 Å². The van der Waals surface area contributed by atoms with Gasteiger partial charge in [0.25, 0.3) is 11.8 Å². The zero-order chi connectivity index (χ0) is 19.8. The largest absolute Gasteiger partial charge is 0.483 e. The lowest BCUT2D eigenvalue weighted by molar-refractivity contribution is -0.123. The minimum Gasteiger partial charge on any atom is -0.483 e. The Balaban J connectivity index is 1.77. The first-order valence-corrected chi connectivity index (χ1v) is 9.54. The average Bonchev–Trinajstić information content (AvgIpc) is 2.65. The van der Waals surface area contributed by atoms with Crippen molar-refractivity contribution in [1.82, 2.24) is 16.2 Å². The molecule has 0 bridgehead atoms. The molecule has 0 heterocycles. The fourth-order valence-corrected chi connectivity index (χ4v) is 2.94. The molecule has 6 nitrogen and oxygen atoms in total. The first kappa shape index (κ1) is 21.1. The van der Waals surface area contributed by atoms with Crippen LogP contribution in [0.1, 0.15) is 22.8 Å². The Kier molecular flexibility index (Phi) is 8.02. The highest BCUT2D eigenvalue weighted by Gasteiger charge is 2.12. The smallest absolute Gasteiger partial charge is 0.276 e. The van der Waals surface area contributed by atoms with Crippen LogP contribution in [0.2, 0.25) is 5.02 Å². The van der Waals surface area contributed by atoms with E-state index in [2.05, 4.69) is 39.0 Å². The van der Waals surface area contributed by atoms with Crippen molar-refractivity contribution < 1.29 is 14.3 Å². The molecule has 142 valence electrons. The fraction of sp³-hybridized carbons (Fsp3) is 0.167. The number of halogens is 2. The summed E-state index contributed by atoms with van der Waals surface area (Å²) in [4.78, 5) is 23.9. The molecule has 0 aliphatic rings. The van der Waals surface area contributed by atoms with E-state index in [1.54, 1.807) is 30.3 Å². The van der Waals surface area contributed by atoms with Crippen LogP contribution in [-0.2, 0) is 11.2 Å². The minimum atomic E-state index is -0.483. The van der Waals surface area contributed by atoms with E-state index >= 15 is 0 Å². The highest BCUT2D eigenvalue weighted by molar-refractivity contribution is 9.10. The van der Waals surface area contributed by atoms with E-state index in [0.717, 1.165) is 16.5 Å². The number of carbonyl (C=O) groups is 2. The van der Waals surface area contributed by atoms with Gasteiger partial charge in [0.2, 0.25) is 0 Å². The molecular weight excluding hydrogens is 454 g/mol. The van der Waals surface area contributed by atoms with Crippen LogP contribution in [0, 0.1) is 0 Å². The van der Waals surface area contributed by atoms with Crippen molar-refractivity contribution in [2.24, 2.45) is 0 Å². The number of rotatable bonds is 5. The van der Waals surface area contributed by atoms with Crippen molar-refractivity contribution in [3.63, 3.8) is 0 Å². The van der Waals surface area contributed by atoms with Crippen LogP contribution < -0.4 is 20.9 Å². The first-order valence-electron chi connectivity index (χ1n) is 7.96. The Morgan fingerprint density at radius 2 is 1.93 bits per heavy atom. The van der Waals surface area contributed by atoms with E-state index in [0.29, 0.717) is 10.8 Å². The summed E-state index contributed by atoms with van der Waals surface area (Å²) in [7, 11) is 0. The van der Waals surface area contributed by atoms with E-state index < -0.39 is 11.8 Å². The number of ether oxygens (including phenoxy) is 1.